The first-order valence-corrected chi connectivity index (χ1v) is 9.89. The third kappa shape index (κ3) is 15.7. The zero-order chi connectivity index (χ0) is 19.7. The van der Waals surface area contributed by atoms with E-state index in [1.165, 1.54) is 48.0 Å². The van der Waals surface area contributed by atoms with Crippen molar-refractivity contribution in [2.75, 3.05) is 0 Å². The Hall–Kier alpha value is -1.56. The molecule has 25 heavy (non-hydrogen) atoms. The molecule has 1 rings (SSSR count). The van der Waals surface area contributed by atoms with Gasteiger partial charge in [-0.25, -0.2) is 0 Å². The highest BCUT2D eigenvalue weighted by atomic mass is 14.0. The molecule has 142 valence electrons. The highest BCUT2D eigenvalue weighted by Crippen LogP contribution is 2.15. The fourth-order valence-electron chi connectivity index (χ4n) is 2.21. The van der Waals surface area contributed by atoms with Gasteiger partial charge in [0.05, 0.1) is 0 Å². The average Bonchev–Trinajstić information content (AvgIpc) is 2.56. The highest BCUT2D eigenvalue weighted by molar-refractivity contribution is 5.25. The fraction of sp³-hybridized carbons (Fsp3) is 0.520. The van der Waals surface area contributed by atoms with Crippen LogP contribution in [0.25, 0.3) is 0 Å². The Morgan fingerprint density at radius 3 is 2.16 bits per heavy atom. The van der Waals surface area contributed by atoms with Gasteiger partial charge in [-0.05, 0) is 45.1 Å². The third-order valence-electron chi connectivity index (χ3n) is 3.85. The Bertz CT molecular complexity index is 503. The van der Waals surface area contributed by atoms with Gasteiger partial charge in [-0.15, -0.1) is 0 Å². The van der Waals surface area contributed by atoms with Crippen molar-refractivity contribution in [3.63, 3.8) is 0 Å². The maximum absolute atomic E-state index is 3.67. The van der Waals surface area contributed by atoms with Gasteiger partial charge in [-0.3, -0.25) is 0 Å². The molecule has 0 saturated carbocycles. The van der Waals surface area contributed by atoms with E-state index in [9.17, 15) is 0 Å². The Morgan fingerprint density at radius 2 is 1.72 bits per heavy atom. The number of rotatable bonds is 6. The van der Waals surface area contributed by atoms with E-state index in [-0.39, 0.29) is 0 Å². The predicted octanol–water partition coefficient (Wildman–Crippen LogP) is 8.47. The molecule has 1 aromatic rings. The quantitative estimate of drug-likeness (QED) is 0.455. The molecule has 0 aliphatic rings. The Morgan fingerprint density at radius 1 is 1.12 bits per heavy atom. The minimum atomic E-state index is 0.693. The summed E-state index contributed by atoms with van der Waals surface area (Å²) in [7, 11) is 0. The molecule has 0 bridgehead atoms. The van der Waals surface area contributed by atoms with Gasteiger partial charge in [-0.2, -0.15) is 0 Å². The van der Waals surface area contributed by atoms with Gasteiger partial charge in [0.2, 0.25) is 0 Å². The first kappa shape index (κ1) is 25.7. The number of allylic oxidation sites excluding steroid dienone is 5. The van der Waals surface area contributed by atoms with E-state index in [0.29, 0.717) is 5.92 Å². The van der Waals surface area contributed by atoms with E-state index in [1.54, 1.807) is 0 Å². The van der Waals surface area contributed by atoms with Crippen molar-refractivity contribution in [2.24, 2.45) is 5.92 Å². The molecule has 0 amide bonds. The van der Waals surface area contributed by atoms with Crippen LogP contribution in [0.5, 0.6) is 0 Å². The van der Waals surface area contributed by atoms with E-state index in [0.717, 1.165) is 0 Å². The zero-order valence-corrected chi connectivity index (χ0v) is 18.2. The molecule has 0 aliphatic carbocycles. The van der Waals surface area contributed by atoms with Gasteiger partial charge in [0.15, 0.2) is 0 Å². The van der Waals surface area contributed by atoms with Crippen molar-refractivity contribution in [2.45, 2.75) is 81.1 Å². The van der Waals surface area contributed by atoms with Gasteiger partial charge >= 0.3 is 0 Å². The van der Waals surface area contributed by atoms with Crippen LogP contribution in [-0.2, 0) is 6.42 Å². The molecule has 0 radical (unpaired) electrons. The van der Waals surface area contributed by atoms with Crippen molar-refractivity contribution < 1.29 is 0 Å². The molecule has 0 aromatic heterocycles. The summed E-state index contributed by atoms with van der Waals surface area (Å²) in [5.74, 6) is 0.693. The normalized spacial score (nSPS) is 12.3. The van der Waals surface area contributed by atoms with Gasteiger partial charge in [-0.1, -0.05) is 113 Å². The minimum Gasteiger partial charge on any atom is -0.0991 e. The van der Waals surface area contributed by atoms with Crippen LogP contribution in [0.1, 0.15) is 78.9 Å². The molecule has 0 aliphatic heterocycles. The summed E-state index contributed by atoms with van der Waals surface area (Å²) < 4.78 is 0. The van der Waals surface area contributed by atoms with Crippen molar-refractivity contribution in [3.05, 3.63) is 71.3 Å². The largest absolute Gasteiger partial charge is 0.0991 e. The summed E-state index contributed by atoms with van der Waals surface area (Å²) in [4.78, 5) is 0. The lowest BCUT2D eigenvalue weighted by Gasteiger charge is -2.08. The van der Waals surface area contributed by atoms with Crippen LogP contribution in [0.4, 0.5) is 0 Å². The lowest BCUT2D eigenvalue weighted by atomic mass is 9.98. The molecule has 0 spiro atoms. The SMILES string of the molecule is C=C/C=C(C)\C=C(/C)C(C)CC.CCC.CCCc1cccc(C)c1. The van der Waals surface area contributed by atoms with Crippen LogP contribution >= 0.6 is 0 Å². The molecule has 0 fully saturated rings. The number of benzene rings is 1. The lowest BCUT2D eigenvalue weighted by Crippen LogP contribution is -1.93. The van der Waals surface area contributed by atoms with Crippen LogP contribution in [0.2, 0.25) is 0 Å². The van der Waals surface area contributed by atoms with E-state index in [2.05, 4.69) is 92.3 Å². The summed E-state index contributed by atoms with van der Waals surface area (Å²) >= 11 is 0. The van der Waals surface area contributed by atoms with E-state index < -0.39 is 0 Å². The Kier molecular flexibility index (Phi) is 17.7. The lowest BCUT2D eigenvalue weighted by molar-refractivity contribution is 0.655. The van der Waals surface area contributed by atoms with Crippen molar-refractivity contribution in [3.8, 4) is 0 Å². The van der Waals surface area contributed by atoms with Crippen molar-refractivity contribution >= 4 is 0 Å². The molecule has 1 atom stereocenters. The summed E-state index contributed by atoms with van der Waals surface area (Å²) in [6.45, 7) is 21.0. The van der Waals surface area contributed by atoms with Gasteiger partial charge in [0.25, 0.3) is 0 Å². The second-order valence-electron chi connectivity index (χ2n) is 6.79. The van der Waals surface area contributed by atoms with E-state index in [1.807, 2.05) is 12.2 Å². The van der Waals surface area contributed by atoms with Gasteiger partial charge < -0.3 is 0 Å². The van der Waals surface area contributed by atoms with Crippen molar-refractivity contribution in [1.82, 2.24) is 0 Å². The number of aryl methyl sites for hydroxylation is 2. The molecule has 0 nitrogen and oxygen atoms in total. The van der Waals surface area contributed by atoms with Gasteiger partial charge in [0, 0.05) is 0 Å². The molecular weight excluding hydrogens is 300 g/mol. The first-order chi connectivity index (χ1) is 11.9. The van der Waals surface area contributed by atoms with Crippen molar-refractivity contribution in [1.29, 1.82) is 0 Å². The predicted molar refractivity (Wildman–Crippen MR) is 118 cm³/mol. The second kappa shape index (κ2) is 17.3. The zero-order valence-electron chi connectivity index (χ0n) is 18.2. The summed E-state index contributed by atoms with van der Waals surface area (Å²) in [6.07, 6.45) is 11.0. The Balaban J connectivity index is 0. The number of hydrogen-bond acceptors (Lipinski definition) is 0. The smallest absolute Gasteiger partial charge is 0.0234 e. The summed E-state index contributed by atoms with van der Waals surface area (Å²) in [5.41, 5.74) is 5.56. The highest BCUT2D eigenvalue weighted by Gasteiger charge is 1.99. The summed E-state index contributed by atoms with van der Waals surface area (Å²) in [5, 5.41) is 0. The molecule has 1 aromatic carbocycles. The van der Waals surface area contributed by atoms with Crippen LogP contribution in [0, 0.1) is 12.8 Å². The maximum atomic E-state index is 3.67. The topological polar surface area (TPSA) is 0 Å². The molecule has 0 heteroatoms. The van der Waals surface area contributed by atoms with E-state index >= 15 is 0 Å². The molecule has 1 unspecified atom stereocenters. The molecular formula is C25H42. The maximum Gasteiger partial charge on any atom is -0.0234 e. The fourth-order valence-corrected chi connectivity index (χ4v) is 2.21. The Labute approximate surface area is 158 Å². The second-order valence-corrected chi connectivity index (χ2v) is 6.79. The minimum absolute atomic E-state index is 0.693. The van der Waals surface area contributed by atoms with Gasteiger partial charge in [0.1, 0.15) is 0 Å². The molecule has 0 N–H and O–H groups in total. The van der Waals surface area contributed by atoms with Crippen LogP contribution in [0.3, 0.4) is 0 Å². The van der Waals surface area contributed by atoms with Crippen LogP contribution < -0.4 is 0 Å². The standard InChI is InChI=1S/C12H20.C10H14.C3H8/c1-6-8-10(3)9-12(5)11(4)7-2;1-3-5-10-7-4-6-9(2)8-10;1-3-2/h6,8-9,11H,1,7H2,2-5H3;4,6-8H,3,5H2,1-2H3;3H2,1-2H3/b10-8-,12-9+;;. The average molecular weight is 343 g/mol. The number of hydrogen-bond donors (Lipinski definition) is 0. The van der Waals surface area contributed by atoms with Crippen LogP contribution in [0.15, 0.2) is 60.2 Å². The van der Waals surface area contributed by atoms with E-state index in [4.69, 9.17) is 0 Å². The summed E-state index contributed by atoms with van der Waals surface area (Å²) in [6, 6.07) is 8.71. The first-order valence-electron chi connectivity index (χ1n) is 9.89. The monoisotopic (exact) mass is 342 g/mol. The van der Waals surface area contributed by atoms with Crippen LogP contribution in [-0.4, -0.2) is 0 Å². The third-order valence-corrected chi connectivity index (χ3v) is 3.85. The molecule has 0 saturated heterocycles. The molecule has 0 heterocycles.